The lowest BCUT2D eigenvalue weighted by molar-refractivity contribution is 0.00578. The van der Waals surface area contributed by atoms with E-state index in [1.807, 2.05) is 59.7 Å². The first-order chi connectivity index (χ1) is 9.12. The molecule has 1 aromatic rings. The lowest BCUT2D eigenvalue weighted by Crippen LogP contribution is -2.41. The third-order valence-corrected chi connectivity index (χ3v) is 4.08. The van der Waals surface area contributed by atoms with Crippen LogP contribution in [0.25, 0.3) is 0 Å². The van der Waals surface area contributed by atoms with E-state index in [4.69, 9.17) is 25.6 Å². The van der Waals surface area contributed by atoms with Crippen molar-refractivity contribution in [3.8, 4) is 5.75 Å². The first kappa shape index (κ1) is 15.7. The van der Waals surface area contributed by atoms with Crippen LogP contribution in [0.5, 0.6) is 5.75 Å². The summed E-state index contributed by atoms with van der Waals surface area (Å²) in [6.07, 6.45) is 0.0809. The largest absolute Gasteiger partial charge is 0.498 e. The standard InChI is InChI=1S/C15H22BClO3/c1-10(2)18-13-8-7-11(17)9-12(13)16-19-14(3,4)15(5,6)20-16/h7-10H,1-6H3. The van der Waals surface area contributed by atoms with Gasteiger partial charge in [-0.05, 0) is 59.7 Å². The zero-order chi connectivity index (χ0) is 15.1. The molecule has 0 amide bonds. The summed E-state index contributed by atoms with van der Waals surface area (Å²) in [7, 11) is -0.465. The smallest absolute Gasteiger partial charge is 0.491 e. The highest BCUT2D eigenvalue weighted by Crippen LogP contribution is 2.37. The van der Waals surface area contributed by atoms with Gasteiger partial charge in [0.25, 0.3) is 0 Å². The minimum Gasteiger partial charge on any atom is -0.491 e. The van der Waals surface area contributed by atoms with E-state index >= 15 is 0 Å². The van der Waals surface area contributed by atoms with Crippen LogP contribution < -0.4 is 10.2 Å². The van der Waals surface area contributed by atoms with Crippen LogP contribution in [0.15, 0.2) is 18.2 Å². The molecule has 0 N–H and O–H groups in total. The summed E-state index contributed by atoms with van der Waals surface area (Å²) >= 11 is 6.11. The molecule has 1 saturated heterocycles. The second-order valence-corrected chi connectivity index (χ2v) is 6.87. The van der Waals surface area contributed by atoms with Gasteiger partial charge in [0, 0.05) is 10.5 Å². The second kappa shape index (κ2) is 5.25. The normalized spacial score (nSPS) is 20.5. The van der Waals surface area contributed by atoms with Crippen LogP contribution in [0.2, 0.25) is 5.02 Å². The fourth-order valence-electron chi connectivity index (χ4n) is 2.03. The Hall–Kier alpha value is -0.705. The maximum Gasteiger partial charge on any atom is 0.498 e. The topological polar surface area (TPSA) is 27.7 Å². The zero-order valence-electron chi connectivity index (χ0n) is 13.0. The Balaban J connectivity index is 2.36. The average Bonchev–Trinajstić information content (AvgIpc) is 2.50. The molecule has 0 aromatic heterocycles. The van der Waals surface area contributed by atoms with Gasteiger partial charge in [0.1, 0.15) is 5.75 Å². The fraction of sp³-hybridized carbons (Fsp3) is 0.600. The molecular weight excluding hydrogens is 274 g/mol. The van der Waals surface area contributed by atoms with E-state index in [0.717, 1.165) is 11.2 Å². The van der Waals surface area contributed by atoms with Gasteiger partial charge < -0.3 is 14.0 Å². The molecular formula is C15H22BClO3. The second-order valence-electron chi connectivity index (χ2n) is 6.44. The van der Waals surface area contributed by atoms with Crippen molar-refractivity contribution in [3.63, 3.8) is 0 Å². The predicted molar refractivity (Wildman–Crippen MR) is 82.9 cm³/mol. The summed E-state index contributed by atoms with van der Waals surface area (Å²) in [5.74, 6) is 0.753. The van der Waals surface area contributed by atoms with E-state index in [9.17, 15) is 0 Å². The lowest BCUT2D eigenvalue weighted by atomic mass is 9.78. The summed E-state index contributed by atoms with van der Waals surface area (Å²) in [5, 5.41) is 0.644. The highest BCUT2D eigenvalue weighted by atomic mass is 35.5. The van der Waals surface area contributed by atoms with E-state index < -0.39 is 7.12 Å². The highest BCUT2D eigenvalue weighted by molar-refractivity contribution is 6.63. The van der Waals surface area contributed by atoms with Crippen LogP contribution >= 0.6 is 11.6 Å². The van der Waals surface area contributed by atoms with Crippen molar-refractivity contribution in [1.82, 2.24) is 0 Å². The van der Waals surface area contributed by atoms with Crippen molar-refractivity contribution in [2.75, 3.05) is 0 Å². The van der Waals surface area contributed by atoms with Crippen molar-refractivity contribution in [2.24, 2.45) is 0 Å². The first-order valence-corrected chi connectivity index (χ1v) is 7.32. The van der Waals surface area contributed by atoms with Crippen LogP contribution in [-0.2, 0) is 9.31 Å². The Kier molecular flexibility index (Phi) is 4.11. The molecule has 3 nitrogen and oxygen atoms in total. The van der Waals surface area contributed by atoms with E-state index in [1.54, 1.807) is 0 Å². The summed E-state index contributed by atoms with van der Waals surface area (Å²) in [6.45, 7) is 12.1. The Labute approximate surface area is 126 Å². The number of rotatable bonds is 3. The maximum atomic E-state index is 6.11. The van der Waals surface area contributed by atoms with E-state index in [0.29, 0.717) is 5.02 Å². The Morgan fingerprint density at radius 3 is 2.15 bits per heavy atom. The maximum absolute atomic E-state index is 6.11. The monoisotopic (exact) mass is 296 g/mol. The van der Waals surface area contributed by atoms with Gasteiger partial charge >= 0.3 is 7.12 Å². The zero-order valence-corrected chi connectivity index (χ0v) is 13.7. The van der Waals surface area contributed by atoms with Gasteiger partial charge in [-0.2, -0.15) is 0 Å². The van der Waals surface area contributed by atoms with E-state index in [-0.39, 0.29) is 17.3 Å². The van der Waals surface area contributed by atoms with Crippen LogP contribution in [-0.4, -0.2) is 24.4 Å². The predicted octanol–water partition coefficient (Wildman–Crippen LogP) is 3.43. The van der Waals surface area contributed by atoms with E-state index in [2.05, 4.69) is 0 Å². The summed E-state index contributed by atoms with van der Waals surface area (Å²) < 4.78 is 18.0. The molecule has 0 atom stereocenters. The molecule has 0 unspecified atom stereocenters. The van der Waals surface area contributed by atoms with Gasteiger partial charge in [-0.15, -0.1) is 0 Å². The molecule has 110 valence electrons. The number of ether oxygens (including phenoxy) is 1. The van der Waals surface area contributed by atoms with Crippen LogP contribution in [0.3, 0.4) is 0 Å². The van der Waals surface area contributed by atoms with Crippen LogP contribution in [0.1, 0.15) is 41.5 Å². The summed E-state index contributed by atoms with van der Waals surface area (Å²) in [5.41, 5.74) is 0.0781. The Morgan fingerprint density at radius 1 is 1.10 bits per heavy atom. The van der Waals surface area contributed by atoms with Gasteiger partial charge in [0.2, 0.25) is 0 Å². The molecule has 0 saturated carbocycles. The third-order valence-electron chi connectivity index (χ3n) is 3.84. The molecule has 1 aliphatic heterocycles. The minimum absolute atomic E-state index is 0.0809. The molecule has 20 heavy (non-hydrogen) atoms. The molecule has 2 rings (SSSR count). The molecule has 1 heterocycles. The van der Waals surface area contributed by atoms with Gasteiger partial charge in [-0.25, -0.2) is 0 Å². The molecule has 1 aromatic carbocycles. The number of halogens is 1. The summed E-state index contributed by atoms with van der Waals surface area (Å²) in [6, 6.07) is 5.53. The summed E-state index contributed by atoms with van der Waals surface area (Å²) in [4.78, 5) is 0. The molecule has 0 spiro atoms. The van der Waals surface area contributed by atoms with Crippen molar-refractivity contribution in [3.05, 3.63) is 23.2 Å². The molecule has 0 bridgehead atoms. The van der Waals surface area contributed by atoms with Crippen molar-refractivity contribution in [2.45, 2.75) is 58.8 Å². The third kappa shape index (κ3) is 2.97. The Bertz CT molecular complexity index is 484. The highest BCUT2D eigenvalue weighted by Gasteiger charge is 2.52. The number of hydrogen-bond acceptors (Lipinski definition) is 3. The van der Waals surface area contributed by atoms with Gasteiger partial charge in [0.05, 0.1) is 17.3 Å². The number of hydrogen-bond donors (Lipinski definition) is 0. The van der Waals surface area contributed by atoms with Crippen molar-refractivity contribution < 1.29 is 14.0 Å². The molecule has 0 aliphatic carbocycles. The molecule has 0 radical (unpaired) electrons. The van der Waals surface area contributed by atoms with Crippen molar-refractivity contribution in [1.29, 1.82) is 0 Å². The molecule has 1 aliphatic rings. The van der Waals surface area contributed by atoms with Gasteiger partial charge in [-0.1, -0.05) is 11.6 Å². The quantitative estimate of drug-likeness (QED) is 0.800. The van der Waals surface area contributed by atoms with Gasteiger partial charge in [0.15, 0.2) is 0 Å². The SMILES string of the molecule is CC(C)Oc1ccc(Cl)cc1B1OC(C)(C)C(C)(C)O1. The lowest BCUT2D eigenvalue weighted by Gasteiger charge is -2.32. The van der Waals surface area contributed by atoms with Crippen LogP contribution in [0.4, 0.5) is 0 Å². The fourth-order valence-corrected chi connectivity index (χ4v) is 2.22. The average molecular weight is 297 g/mol. The minimum atomic E-state index is -0.465. The molecule has 5 heteroatoms. The van der Waals surface area contributed by atoms with Crippen molar-refractivity contribution >= 4 is 24.2 Å². The number of benzene rings is 1. The van der Waals surface area contributed by atoms with Crippen LogP contribution in [0, 0.1) is 0 Å². The van der Waals surface area contributed by atoms with E-state index in [1.165, 1.54) is 0 Å². The molecule has 1 fully saturated rings. The Morgan fingerprint density at radius 2 is 1.65 bits per heavy atom. The first-order valence-electron chi connectivity index (χ1n) is 6.94. The van der Waals surface area contributed by atoms with Gasteiger partial charge in [-0.3, -0.25) is 0 Å².